The second-order valence-electron chi connectivity index (χ2n) is 4.35. The average molecular weight is 298 g/mol. The van der Waals surface area contributed by atoms with Crippen LogP contribution in [-0.2, 0) is 10.0 Å². The number of aromatic nitrogens is 1. The Kier molecular flexibility index (Phi) is 3.71. The van der Waals surface area contributed by atoms with E-state index in [1.165, 1.54) is 6.07 Å². The van der Waals surface area contributed by atoms with E-state index in [1.807, 2.05) is 0 Å². The van der Waals surface area contributed by atoms with Crippen molar-refractivity contribution in [1.29, 1.82) is 0 Å². The largest absolute Gasteiger partial charge is 0.265 e. The van der Waals surface area contributed by atoms with E-state index >= 15 is 0 Å². The average Bonchev–Trinajstić information content (AvgIpc) is 2.25. The van der Waals surface area contributed by atoms with Gasteiger partial charge in [-0.15, -0.1) is 0 Å². The van der Waals surface area contributed by atoms with Gasteiger partial charge < -0.3 is 0 Å². The first-order chi connectivity index (χ1) is 9.28. The van der Waals surface area contributed by atoms with Crippen LogP contribution >= 0.6 is 0 Å². The van der Waals surface area contributed by atoms with Crippen molar-refractivity contribution in [3.63, 3.8) is 0 Å². The molecule has 0 spiro atoms. The molecule has 1 N–H and O–H groups in total. The molecule has 0 aliphatic rings. The van der Waals surface area contributed by atoms with Gasteiger partial charge in [-0.3, -0.25) is 4.72 Å². The summed E-state index contributed by atoms with van der Waals surface area (Å²) in [5.74, 6) is -1.90. The van der Waals surface area contributed by atoms with Crippen molar-refractivity contribution in [2.45, 2.75) is 18.7 Å². The van der Waals surface area contributed by atoms with Crippen LogP contribution in [0.2, 0.25) is 0 Å². The molecule has 20 heavy (non-hydrogen) atoms. The maximum atomic E-state index is 13.5. The monoisotopic (exact) mass is 298 g/mol. The zero-order valence-corrected chi connectivity index (χ0v) is 11.6. The molecular formula is C13H12F2N2O2S. The number of nitrogens with zero attached hydrogens (tertiary/aromatic N) is 1. The minimum Gasteiger partial charge on any atom is -0.263 e. The van der Waals surface area contributed by atoms with E-state index in [-0.39, 0.29) is 5.82 Å². The minimum absolute atomic E-state index is 0.0891. The lowest BCUT2D eigenvalue weighted by Crippen LogP contribution is -2.16. The molecule has 1 aromatic carbocycles. The van der Waals surface area contributed by atoms with Crippen LogP contribution in [0.25, 0.3) is 0 Å². The fraction of sp³-hybridized carbons (Fsp3) is 0.154. The van der Waals surface area contributed by atoms with Gasteiger partial charge in [0.15, 0.2) is 0 Å². The Morgan fingerprint density at radius 1 is 1.10 bits per heavy atom. The van der Waals surface area contributed by atoms with Gasteiger partial charge >= 0.3 is 0 Å². The second-order valence-corrected chi connectivity index (χ2v) is 6.00. The topological polar surface area (TPSA) is 59.1 Å². The molecule has 0 saturated carbocycles. The number of pyridine rings is 1. The molecule has 0 atom stereocenters. The molecule has 106 valence electrons. The molecule has 1 heterocycles. The number of nitrogens with one attached hydrogen (secondary N) is 1. The predicted molar refractivity (Wildman–Crippen MR) is 70.9 cm³/mol. The summed E-state index contributed by atoms with van der Waals surface area (Å²) in [6, 6.07) is 5.56. The second kappa shape index (κ2) is 5.16. The normalized spacial score (nSPS) is 11.4. The number of aryl methyl sites for hydroxylation is 2. The lowest BCUT2D eigenvalue weighted by molar-refractivity contribution is 0.551. The van der Waals surface area contributed by atoms with E-state index in [2.05, 4.69) is 9.71 Å². The van der Waals surface area contributed by atoms with Crippen molar-refractivity contribution in [2.75, 3.05) is 4.72 Å². The van der Waals surface area contributed by atoms with Crippen LogP contribution in [0.5, 0.6) is 0 Å². The van der Waals surface area contributed by atoms with E-state index in [0.717, 1.165) is 17.7 Å². The highest BCUT2D eigenvalue weighted by atomic mass is 32.2. The van der Waals surface area contributed by atoms with E-state index in [4.69, 9.17) is 0 Å². The lowest BCUT2D eigenvalue weighted by atomic mass is 10.2. The summed E-state index contributed by atoms with van der Waals surface area (Å²) in [6.07, 6.45) is 0. The molecule has 7 heteroatoms. The van der Waals surface area contributed by atoms with Gasteiger partial charge in [0.25, 0.3) is 10.0 Å². The first-order valence-corrected chi connectivity index (χ1v) is 7.19. The number of hydrogen-bond acceptors (Lipinski definition) is 3. The van der Waals surface area contributed by atoms with Crippen molar-refractivity contribution >= 4 is 15.8 Å². The summed E-state index contributed by atoms with van der Waals surface area (Å²) in [5, 5.41) is 0. The predicted octanol–water partition coefficient (Wildman–Crippen LogP) is 2.78. The summed E-state index contributed by atoms with van der Waals surface area (Å²) in [5.41, 5.74) is 1.44. The van der Waals surface area contributed by atoms with Crippen LogP contribution in [0.4, 0.5) is 14.6 Å². The van der Waals surface area contributed by atoms with Crippen LogP contribution in [0.3, 0.4) is 0 Å². The number of halogens is 2. The van der Waals surface area contributed by atoms with Crippen molar-refractivity contribution in [3.8, 4) is 0 Å². The Morgan fingerprint density at radius 2 is 1.80 bits per heavy atom. The summed E-state index contributed by atoms with van der Waals surface area (Å²) in [4.78, 5) is 3.38. The van der Waals surface area contributed by atoms with Crippen molar-refractivity contribution in [2.24, 2.45) is 0 Å². The molecule has 0 fully saturated rings. The van der Waals surface area contributed by atoms with Gasteiger partial charge in [0.1, 0.15) is 22.3 Å². The van der Waals surface area contributed by atoms with Crippen LogP contribution in [-0.4, -0.2) is 13.4 Å². The summed E-state index contributed by atoms with van der Waals surface area (Å²) in [7, 11) is -4.15. The zero-order chi connectivity index (χ0) is 14.9. The molecule has 0 unspecified atom stereocenters. The molecule has 4 nitrogen and oxygen atoms in total. The van der Waals surface area contributed by atoms with Gasteiger partial charge in [0.05, 0.1) is 0 Å². The quantitative estimate of drug-likeness (QED) is 0.948. The van der Waals surface area contributed by atoms with E-state index < -0.39 is 26.6 Å². The van der Waals surface area contributed by atoms with Gasteiger partial charge in [0.2, 0.25) is 0 Å². The van der Waals surface area contributed by atoms with E-state index in [9.17, 15) is 17.2 Å². The Balaban J connectivity index is 2.40. The van der Waals surface area contributed by atoms with Crippen LogP contribution in [0.1, 0.15) is 11.3 Å². The van der Waals surface area contributed by atoms with Crippen LogP contribution < -0.4 is 4.72 Å². The van der Waals surface area contributed by atoms with E-state index in [1.54, 1.807) is 19.9 Å². The summed E-state index contributed by atoms with van der Waals surface area (Å²) >= 11 is 0. The highest BCUT2D eigenvalue weighted by Gasteiger charge is 2.20. The summed E-state index contributed by atoms with van der Waals surface area (Å²) < 4.78 is 52.6. The number of anilines is 1. The number of rotatable bonds is 3. The SMILES string of the molecule is Cc1cc(C)nc(NS(=O)(=O)c2ccc(F)cc2F)c1. The number of sulfonamides is 1. The number of hydrogen-bond donors (Lipinski definition) is 1. The molecule has 0 aliphatic heterocycles. The molecule has 1 aromatic heterocycles. The standard InChI is InChI=1S/C13H12F2N2O2S/c1-8-5-9(2)16-13(6-8)17-20(18,19)12-4-3-10(14)7-11(12)15/h3-7H,1-2H3,(H,16,17). The van der Waals surface area contributed by atoms with E-state index in [0.29, 0.717) is 11.8 Å². The fourth-order valence-corrected chi connectivity index (χ4v) is 2.83. The van der Waals surface area contributed by atoms with Gasteiger partial charge in [-0.05, 0) is 43.7 Å². The van der Waals surface area contributed by atoms with Gasteiger partial charge in [-0.25, -0.2) is 22.2 Å². The van der Waals surface area contributed by atoms with Crippen molar-refractivity contribution < 1.29 is 17.2 Å². The molecular weight excluding hydrogens is 286 g/mol. The smallest absolute Gasteiger partial charge is 0.263 e. The Labute approximate surface area is 115 Å². The van der Waals surface area contributed by atoms with Gasteiger partial charge in [0, 0.05) is 11.8 Å². The molecule has 0 amide bonds. The number of benzene rings is 1. The summed E-state index contributed by atoms with van der Waals surface area (Å²) in [6.45, 7) is 3.49. The Hall–Kier alpha value is -2.02. The van der Waals surface area contributed by atoms with Gasteiger partial charge in [-0.1, -0.05) is 0 Å². The lowest BCUT2D eigenvalue weighted by Gasteiger charge is -2.09. The third-order valence-corrected chi connectivity index (χ3v) is 3.91. The first kappa shape index (κ1) is 14.4. The van der Waals surface area contributed by atoms with Crippen LogP contribution in [0, 0.1) is 25.5 Å². The molecule has 0 aliphatic carbocycles. The minimum atomic E-state index is -4.15. The third-order valence-electron chi connectivity index (χ3n) is 2.52. The first-order valence-electron chi connectivity index (χ1n) is 5.71. The third kappa shape index (κ3) is 3.11. The molecule has 0 radical (unpaired) electrons. The maximum Gasteiger partial charge on any atom is 0.265 e. The van der Waals surface area contributed by atoms with Crippen LogP contribution in [0.15, 0.2) is 35.2 Å². The highest BCUT2D eigenvalue weighted by molar-refractivity contribution is 7.92. The van der Waals surface area contributed by atoms with Crippen molar-refractivity contribution in [1.82, 2.24) is 4.98 Å². The molecule has 2 aromatic rings. The molecule has 0 bridgehead atoms. The molecule has 0 saturated heterocycles. The van der Waals surface area contributed by atoms with Crippen molar-refractivity contribution in [3.05, 3.63) is 53.2 Å². The highest BCUT2D eigenvalue weighted by Crippen LogP contribution is 2.19. The molecule has 2 rings (SSSR count). The van der Waals surface area contributed by atoms with Gasteiger partial charge in [-0.2, -0.15) is 0 Å². The maximum absolute atomic E-state index is 13.5. The Morgan fingerprint density at radius 3 is 2.40 bits per heavy atom. The zero-order valence-electron chi connectivity index (χ0n) is 10.8. The fourth-order valence-electron chi connectivity index (χ4n) is 1.78. The Bertz CT molecular complexity index is 741.